The molecule has 2 aromatic heterocycles. The first kappa shape index (κ1) is 14.3. The van der Waals surface area contributed by atoms with Crippen LogP contribution in [0.5, 0.6) is 0 Å². The monoisotopic (exact) mass is 300 g/mol. The molecule has 2 rings (SSSR count). The summed E-state index contributed by atoms with van der Waals surface area (Å²) in [5.41, 5.74) is -0.814. The van der Waals surface area contributed by atoms with Gasteiger partial charge in [0.15, 0.2) is 0 Å². The summed E-state index contributed by atoms with van der Waals surface area (Å²) in [6.07, 6.45) is -2.94. The van der Waals surface area contributed by atoms with E-state index in [0.29, 0.717) is 6.20 Å². The maximum Gasteiger partial charge on any atom is 0.417 e. The molecular weight excluding hydrogens is 296 g/mol. The summed E-state index contributed by atoms with van der Waals surface area (Å²) in [7, 11) is 0. The van der Waals surface area contributed by atoms with E-state index in [1.54, 1.807) is 0 Å². The van der Waals surface area contributed by atoms with Crippen molar-refractivity contribution in [1.29, 1.82) is 0 Å². The van der Waals surface area contributed by atoms with Crippen LogP contribution in [0.3, 0.4) is 0 Å². The Labute approximate surface area is 116 Å². The second kappa shape index (κ2) is 5.47. The molecule has 2 heterocycles. The number of aromatic nitrogens is 2. The molecule has 2 nitrogen and oxygen atoms in total. The third-order valence-electron chi connectivity index (χ3n) is 2.22. The highest BCUT2D eigenvalue weighted by atomic mass is 35.5. The van der Waals surface area contributed by atoms with Gasteiger partial charge in [0.1, 0.15) is 16.7 Å². The standard InChI is InChI=1S/C13H5ClF4N2/c14-12-8(5-9(6-20-12)13(16,17)18)1-3-11-4-2-10(15)7-19-11/h2,4-7H. The van der Waals surface area contributed by atoms with Crippen molar-refractivity contribution in [2.75, 3.05) is 0 Å². The summed E-state index contributed by atoms with van der Waals surface area (Å²) in [5, 5.41) is -0.146. The van der Waals surface area contributed by atoms with Gasteiger partial charge in [0, 0.05) is 6.20 Å². The van der Waals surface area contributed by atoms with E-state index in [1.807, 2.05) is 0 Å². The van der Waals surface area contributed by atoms with Gasteiger partial charge in [-0.25, -0.2) is 14.4 Å². The van der Waals surface area contributed by atoms with Crippen LogP contribution in [0.4, 0.5) is 17.6 Å². The molecule has 0 saturated heterocycles. The normalized spacial score (nSPS) is 10.8. The van der Waals surface area contributed by atoms with Crippen molar-refractivity contribution in [1.82, 2.24) is 9.97 Å². The summed E-state index contributed by atoms with van der Waals surface area (Å²) < 4.78 is 50.2. The molecule has 7 heteroatoms. The maximum absolute atomic E-state index is 12.6. The van der Waals surface area contributed by atoms with Gasteiger partial charge in [0.2, 0.25) is 0 Å². The van der Waals surface area contributed by atoms with Gasteiger partial charge >= 0.3 is 6.18 Å². The molecule has 0 fully saturated rings. The van der Waals surface area contributed by atoms with Gasteiger partial charge in [-0.05, 0) is 24.1 Å². The van der Waals surface area contributed by atoms with E-state index < -0.39 is 17.6 Å². The number of rotatable bonds is 0. The fourth-order valence-corrected chi connectivity index (χ4v) is 1.42. The van der Waals surface area contributed by atoms with E-state index in [1.165, 1.54) is 6.07 Å². The van der Waals surface area contributed by atoms with Crippen molar-refractivity contribution >= 4 is 11.6 Å². The molecule has 0 saturated carbocycles. The average Bonchev–Trinajstić information content (AvgIpc) is 2.38. The van der Waals surface area contributed by atoms with Crippen molar-refractivity contribution in [2.45, 2.75) is 6.18 Å². The predicted molar refractivity (Wildman–Crippen MR) is 64.4 cm³/mol. The van der Waals surface area contributed by atoms with E-state index in [2.05, 4.69) is 21.8 Å². The summed E-state index contributed by atoms with van der Waals surface area (Å²) in [6.45, 7) is 0. The van der Waals surface area contributed by atoms with Crippen LogP contribution in [0, 0.1) is 17.7 Å². The first-order valence-corrected chi connectivity index (χ1v) is 5.60. The largest absolute Gasteiger partial charge is 0.417 e. The topological polar surface area (TPSA) is 25.8 Å². The van der Waals surface area contributed by atoms with Gasteiger partial charge in [-0.2, -0.15) is 13.2 Å². The lowest BCUT2D eigenvalue weighted by Crippen LogP contribution is -2.06. The van der Waals surface area contributed by atoms with E-state index in [-0.39, 0.29) is 16.4 Å². The van der Waals surface area contributed by atoms with E-state index in [9.17, 15) is 17.6 Å². The minimum atomic E-state index is -4.53. The fraction of sp³-hybridized carbons (Fsp3) is 0.0769. The quantitative estimate of drug-likeness (QED) is 0.421. The van der Waals surface area contributed by atoms with E-state index >= 15 is 0 Å². The number of alkyl halides is 3. The Bertz CT molecular complexity index is 684. The molecule has 102 valence electrons. The van der Waals surface area contributed by atoms with Gasteiger partial charge in [0.25, 0.3) is 0 Å². The Morgan fingerprint density at radius 1 is 1.05 bits per heavy atom. The number of hydrogen-bond acceptors (Lipinski definition) is 2. The molecule has 0 N–H and O–H groups in total. The molecule has 0 amide bonds. The van der Waals surface area contributed by atoms with Gasteiger partial charge in [-0.15, -0.1) is 0 Å². The molecular formula is C13H5ClF4N2. The third kappa shape index (κ3) is 3.45. The van der Waals surface area contributed by atoms with Crippen molar-refractivity contribution in [3.05, 3.63) is 58.4 Å². The molecule has 0 atom stereocenters. The highest BCUT2D eigenvalue weighted by Crippen LogP contribution is 2.30. The summed E-state index contributed by atoms with van der Waals surface area (Å²) >= 11 is 5.68. The molecule has 0 bridgehead atoms. The molecule has 0 aliphatic heterocycles. The summed E-state index contributed by atoms with van der Waals surface area (Å²) in [4.78, 5) is 7.09. The van der Waals surface area contributed by atoms with Crippen LogP contribution in [-0.4, -0.2) is 9.97 Å². The van der Waals surface area contributed by atoms with Crippen LogP contribution in [-0.2, 0) is 6.18 Å². The van der Waals surface area contributed by atoms with Crippen LogP contribution in [0.25, 0.3) is 0 Å². The van der Waals surface area contributed by atoms with Gasteiger partial charge < -0.3 is 0 Å². The van der Waals surface area contributed by atoms with E-state index in [0.717, 1.165) is 18.3 Å². The van der Waals surface area contributed by atoms with Gasteiger partial charge in [-0.3, -0.25) is 0 Å². The molecule has 0 aliphatic carbocycles. The van der Waals surface area contributed by atoms with Crippen molar-refractivity contribution in [3.63, 3.8) is 0 Å². The Morgan fingerprint density at radius 3 is 2.40 bits per heavy atom. The Balaban J connectivity index is 2.37. The second-order valence-electron chi connectivity index (χ2n) is 3.67. The van der Waals surface area contributed by atoms with Crippen molar-refractivity contribution in [2.24, 2.45) is 0 Å². The zero-order valence-electron chi connectivity index (χ0n) is 9.67. The predicted octanol–water partition coefficient (Wildman–Crippen LogP) is 3.69. The summed E-state index contributed by atoms with van der Waals surface area (Å²) in [6, 6.07) is 3.24. The first-order chi connectivity index (χ1) is 9.36. The highest BCUT2D eigenvalue weighted by molar-refractivity contribution is 6.30. The number of pyridine rings is 2. The smallest absolute Gasteiger partial charge is 0.245 e. The minimum Gasteiger partial charge on any atom is -0.245 e. The average molecular weight is 301 g/mol. The summed E-state index contributed by atoms with van der Waals surface area (Å²) in [5.74, 6) is 4.39. The fourth-order valence-electron chi connectivity index (χ4n) is 1.27. The third-order valence-corrected chi connectivity index (χ3v) is 2.52. The van der Waals surface area contributed by atoms with Crippen LogP contribution >= 0.6 is 11.6 Å². The number of halogens is 5. The van der Waals surface area contributed by atoms with Crippen LogP contribution in [0.15, 0.2) is 30.6 Å². The van der Waals surface area contributed by atoms with Gasteiger partial charge in [-0.1, -0.05) is 17.5 Å². The first-order valence-electron chi connectivity index (χ1n) is 5.22. The van der Waals surface area contributed by atoms with Crippen molar-refractivity contribution < 1.29 is 17.6 Å². The van der Waals surface area contributed by atoms with Crippen LogP contribution in [0.2, 0.25) is 5.15 Å². The molecule has 0 spiro atoms. The van der Waals surface area contributed by atoms with Crippen LogP contribution < -0.4 is 0 Å². The Hall–Kier alpha value is -2.13. The minimum absolute atomic E-state index is 0.0763. The molecule has 0 radical (unpaired) electrons. The van der Waals surface area contributed by atoms with Crippen molar-refractivity contribution in [3.8, 4) is 11.8 Å². The molecule has 0 aromatic carbocycles. The van der Waals surface area contributed by atoms with E-state index in [4.69, 9.17) is 11.6 Å². The number of nitrogens with zero attached hydrogens (tertiary/aromatic N) is 2. The van der Waals surface area contributed by atoms with Crippen LogP contribution in [0.1, 0.15) is 16.8 Å². The molecule has 20 heavy (non-hydrogen) atoms. The SMILES string of the molecule is Fc1ccc(C#Cc2cc(C(F)(F)F)cnc2Cl)nc1. The Morgan fingerprint density at radius 2 is 1.80 bits per heavy atom. The van der Waals surface area contributed by atoms with Gasteiger partial charge in [0.05, 0.1) is 17.3 Å². The lowest BCUT2D eigenvalue weighted by molar-refractivity contribution is -0.137. The molecule has 2 aromatic rings. The lowest BCUT2D eigenvalue weighted by Gasteiger charge is -2.06. The zero-order valence-corrected chi connectivity index (χ0v) is 10.4. The Kier molecular flexibility index (Phi) is 3.91. The molecule has 0 unspecified atom stereocenters. The molecule has 0 aliphatic rings. The highest BCUT2D eigenvalue weighted by Gasteiger charge is 2.31. The second-order valence-corrected chi connectivity index (χ2v) is 4.03. The number of hydrogen-bond donors (Lipinski definition) is 0. The zero-order chi connectivity index (χ0) is 14.8. The lowest BCUT2D eigenvalue weighted by atomic mass is 10.2. The maximum atomic E-state index is 12.6.